The average Bonchev–Trinajstić information content (AvgIpc) is 3.39. The number of piperidine rings is 1. The predicted octanol–water partition coefficient (Wildman–Crippen LogP) is 5.86. The lowest BCUT2D eigenvalue weighted by Gasteiger charge is -2.27. The van der Waals surface area contributed by atoms with E-state index in [1.807, 2.05) is 12.1 Å². The van der Waals surface area contributed by atoms with Gasteiger partial charge in [-0.05, 0) is 61.6 Å². The molecule has 0 bridgehead atoms. The highest BCUT2D eigenvalue weighted by Crippen LogP contribution is 2.49. The molecule has 3 atom stereocenters. The monoisotopic (exact) mass is 554 g/mol. The third-order valence-corrected chi connectivity index (χ3v) is 8.26. The van der Waals surface area contributed by atoms with Gasteiger partial charge in [-0.1, -0.05) is 18.2 Å². The molecule has 2 aliphatic rings. The van der Waals surface area contributed by atoms with E-state index in [1.165, 1.54) is 0 Å². The van der Waals surface area contributed by atoms with Gasteiger partial charge in [-0.3, -0.25) is 14.6 Å². The summed E-state index contributed by atoms with van der Waals surface area (Å²) in [6, 6.07) is 10.9. The quantitative estimate of drug-likeness (QED) is 0.314. The Morgan fingerprint density at radius 1 is 1.13 bits per heavy atom. The number of amides is 2. The Morgan fingerprint density at radius 2 is 1.92 bits per heavy atom. The van der Waals surface area contributed by atoms with E-state index in [1.54, 1.807) is 36.2 Å². The van der Waals surface area contributed by atoms with Crippen molar-refractivity contribution in [2.75, 3.05) is 6.54 Å². The molecule has 6 nitrogen and oxygen atoms in total. The van der Waals surface area contributed by atoms with E-state index >= 15 is 0 Å². The number of carbonyl (C=O) groups is 2. The number of carbonyl (C=O) groups excluding carboxylic acids is 2. The van der Waals surface area contributed by atoms with E-state index in [4.69, 9.17) is 0 Å². The van der Waals surface area contributed by atoms with Gasteiger partial charge in [0.2, 0.25) is 0 Å². The summed E-state index contributed by atoms with van der Waals surface area (Å²) in [7, 11) is 0. The van der Waals surface area contributed by atoms with E-state index in [9.17, 15) is 27.2 Å². The first-order chi connectivity index (χ1) is 18.6. The molecule has 11 heteroatoms. The average molecular weight is 555 g/mol. The Kier molecular flexibility index (Phi) is 6.13. The SMILES string of the molecule is Cc1nc(C(=O)N2[C@H](CNC(=O)c3cccc4cccnc34)C[C@@H]3C[C@@H]32)c(-c2cc(F)cc(C(F)(F)F)c2)s1. The number of thiazole rings is 1. The van der Waals surface area contributed by atoms with Crippen LogP contribution < -0.4 is 5.32 Å². The fourth-order valence-electron chi connectivity index (χ4n) is 5.43. The molecule has 2 amide bonds. The maximum absolute atomic E-state index is 14.2. The lowest BCUT2D eigenvalue weighted by Crippen LogP contribution is -2.45. The highest BCUT2D eigenvalue weighted by molar-refractivity contribution is 7.15. The predicted molar refractivity (Wildman–Crippen MR) is 138 cm³/mol. The number of halogens is 4. The smallest absolute Gasteiger partial charge is 0.350 e. The molecule has 2 aromatic carbocycles. The van der Waals surface area contributed by atoms with Crippen molar-refractivity contribution >= 4 is 34.1 Å². The lowest BCUT2D eigenvalue weighted by molar-refractivity contribution is -0.137. The van der Waals surface area contributed by atoms with Crippen LogP contribution in [0.2, 0.25) is 0 Å². The van der Waals surface area contributed by atoms with Crippen LogP contribution >= 0.6 is 11.3 Å². The van der Waals surface area contributed by atoms with Gasteiger partial charge in [-0.25, -0.2) is 9.37 Å². The molecular formula is C28H22F4N4O2S. The molecule has 0 radical (unpaired) electrons. The molecular weight excluding hydrogens is 532 g/mol. The van der Waals surface area contributed by atoms with Gasteiger partial charge in [-0.15, -0.1) is 11.3 Å². The number of para-hydroxylation sites is 1. The van der Waals surface area contributed by atoms with E-state index in [2.05, 4.69) is 15.3 Å². The molecule has 2 fully saturated rings. The zero-order chi connectivity index (χ0) is 27.5. The van der Waals surface area contributed by atoms with Crippen LogP contribution in [0.4, 0.5) is 17.6 Å². The molecule has 1 aliphatic heterocycles. The number of benzene rings is 2. The maximum Gasteiger partial charge on any atom is 0.416 e. The van der Waals surface area contributed by atoms with Crippen molar-refractivity contribution < 1.29 is 27.2 Å². The molecule has 2 aromatic heterocycles. The summed E-state index contributed by atoms with van der Waals surface area (Å²) in [5.41, 5.74) is -0.169. The van der Waals surface area contributed by atoms with Crippen LogP contribution in [0, 0.1) is 18.7 Å². The topological polar surface area (TPSA) is 75.2 Å². The van der Waals surface area contributed by atoms with Crippen LogP contribution in [0.25, 0.3) is 21.3 Å². The number of hydrogen-bond donors (Lipinski definition) is 1. The summed E-state index contributed by atoms with van der Waals surface area (Å²) < 4.78 is 54.2. The van der Waals surface area contributed by atoms with Crippen LogP contribution in [-0.4, -0.2) is 45.3 Å². The first-order valence-electron chi connectivity index (χ1n) is 12.4. The number of aromatic nitrogens is 2. The lowest BCUT2D eigenvalue weighted by atomic mass is 10.1. The standard InChI is InChI=1S/C28H22F4N4O2S/c1-14-35-24(25(39-14)17-8-18(28(30,31)32)12-19(29)9-17)27(38)36-20(10-16-11-22(16)36)13-34-26(37)21-6-2-4-15-5-3-7-33-23(15)21/h2-9,12,16,20,22H,10-11,13H2,1H3,(H,34,37)/t16-,20+,22+/m1/s1. The van der Waals surface area contributed by atoms with Gasteiger partial charge in [0.25, 0.3) is 11.8 Å². The Morgan fingerprint density at radius 3 is 2.72 bits per heavy atom. The zero-order valence-electron chi connectivity index (χ0n) is 20.6. The molecule has 1 aliphatic carbocycles. The van der Waals surface area contributed by atoms with E-state index < -0.39 is 23.5 Å². The second-order valence-electron chi connectivity index (χ2n) is 9.89. The summed E-state index contributed by atoms with van der Waals surface area (Å²) in [6.07, 6.45) is -1.60. The van der Waals surface area contributed by atoms with Gasteiger partial charge in [0.05, 0.1) is 32.6 Å². The maximum atomic E-state index is 14.2. The molecule has 0 unspecified atom stereocenters. The van der Waals surface area contributed by atoms with Crippen LogP contribution in [0.3, 0.4) is 0 Å². The fraction of sp³-hybridized carbons (Fsp3) is 0.286. The number of aryl methyl sites for hydroxylation is 1. The number of pyridine rings is 1. The highest BCUT2D eigenvalue weighted by Gasteiger charge is 2.54. The molecule has 4 aromatic rings. The van der Waals surface area contributed by atoms with E-state index in [-0.39, 0.29) is 40.7 Å². The molecule has 1 saturated heterocycles. The normalized spacial score (nSPS) is 20.2. The van der Waals surface area contributed by atoms with Crippen molar-refractivity contribution in [1.82, 2.24) is 20.2 Å². The van der Waals surface area contributed by atoms with Crippen LogP contribution in [0.15, 0.2) is 54.7 Å². The van der Waals surface area contributed by atoms with Crippen LogP contribution in [0.1, 0.15) is 44.3 Å². The van der Waals surface area contributed by atoms with E-state index in [0.717, 1.165) is 35.3 Å². The number of alkyl halides is 3. The number of nitrogens with one attached hydrogen (secondary N) is 1. The first-order valence-corrected chi connectivity index (χ1v) is 13.2. The second kappa shape index (κ2) is 9.41. The van der Waals surface area contributed by atoms with Gasteiger partial charge in [0, 0.05) is 24.2 Å². The second-order valence-corrected chi connectivity index (χ2v) is 11.1. The highest BCUT2D eigenvalue weighted by atomic mass is 32.1. The summed E-state index contributed by atoms with van der Waals surface area (Å²) in [4.78, 5) is 37.4. The molecule has 1 N–H and O–H groups in total. The Hall–Kier alpha value is -3.86. The number of hydrogen-bond acceptors (Lipinski definition) is 5. The van der Waals surface area contributed by atoms with Gasteiger partial charge < -0.3 is 10.2 Å². The van der Waals surface area contributed by atoms with Crippen molar-refractivity contribution in [3.8, 4) is 10.4 Å². The third-order valence-electron chi connectivity index (χ3n) is 7.24. The van der Waals surface area contributed by atoms with Gasteiger partial charge in [0.15, 0.2) is 0 Å². The number of fused-ring (bicyclic) bond motifs is 2. The van der Waals surface area contributed by atoms with Crippen molar-refractivity contribution in [2.24, 2.45) is 5.92 Å². The molecule has 6 rings (SSSR count). The molecule has 200 valence electrons. The van der Waals surface area contributed by atoms with E-state index in [0.29, 0.717) is 34.5 Å². The Balaban J connectivity index is 1.26. The molecule has 3 heterocycles. The summed E-state index contributed by atoms with van der Waals surface area (Å²) in [5, 5.41) is 4.24. The first kappa shape index (κ1) is 25.4. The molecule has 1 saturated carbocycles. The minimum Gasteiger partial charge on any atom is -0.350 e. The van der Waals surface area contributed by atoms with Gasteiger partial charge in [-0.2, -0.15) is 13.2 Å². The van der Waals surface area contributed by atoms with Crippen molar-refractivity contribution in [1.29, 1.82) is 0 Å². The summed E-state index contributed by atoms with van der Waals surface area (Å²) >= 11 is 1.05. The molecule has 0 spiro atoms. The van der Waals surface area contributed by atoms with Gasteiger partial charge >= 0.3 is 6.18 Å². The van der Waals surface area contributed by atoms with Crippen molar-refractivity contribution in [2.45, 2.75) is 38.0 Å². The number of rotatable bonds is 5. The zero-order valence-corrected chi connectivity index (χ0v) is 21.4. The van der Waals surface area contributed by atoms with Crippen LogP contribution in [-0.2, 0) is 6.18 Å². The number of likely N-dealkylation sites (tertiary alicyclic amines) is 1. The fourth-order valence-corrected chi connectivity index (χ4v) is 6.32. The van der Waals surface area contributed by atoms with Crippen LogP contribution in [0.5, 0.6) is 0 Å². The number of nitrogens with zero attached hydrogens (tertiary/aromatic N) is 3. The minimum absolute atomic E-state index is 0.00152. The Bertz CT molecular complexity index is 1610. The molecule has 39 heavy (non-hydrogen) atoms. The van der Waals surface area contributed by atoms with Crippen molar-refractivity contribution in [3.05, 3.63) is 82.4 Å². The summed E-state index contributed by atoms with van der Waals surface area (Å²) in [5.74, 6) is -1.49. The van der Waals surface area contributed by atoms with Gasteiger partial charge in [0.1, 0.15) is 11.5 Å². The third kappa shape index (κ3) is 4.75. The van der Waals surface area contributed by atoms with Crippen molar-refractivity contribution in [3.63, 3.8) is 0 Å². The Labute approximate surface area is 224 Å². The largest absolute Gasteiger partial charge is 0.416 e. The summed E-state index contributed by atoms with van der Waals surface area (Å²) in [6.45, 7) is 1.85. The minimum atomic E-state index is -4.74.